The predicted molar refractivity (Wildman–Crippen MR) is 142 cm³/mol. The van der Waals surface area contributed by atoms with Gasteiger partial charge in [0, 0.05) is 82.7 Å². The van der Waals surface area contributed by atoms with Crippen LogP contribution in [0.5, 0.6) is 0 Å². The van der Waals surface area contributed by atoms with Crippen LogP contribution in [-0.4, -0.2) is 109 Å². The molecule has 3 aliphatic rings. The summed E-state index contributed by atoms with van der Waals surface area (Å²) in [4.78, 5) is 36.8. The van der Waals surface area contributed by atoms with E-state index in [2.05, 4.69) is 31.7 Å². The average molecular weight is 484 g/mol. The highest BCUT2D eigenvalue weighted by Crippen LogP contribution is 2.23. The quantitative estimate of drug-likeness (QED) is 0.558. The monoisotopic (exact) mass is 483 g/mol. The van der Waals surface area contributed by atoms with Crippen molar-refractivity contribution in [2.75, 3.05) is 76.9 Å². The first-order valence-corrected chi connectivity index (χ1v) is 14.0. The number of piperazine rings is 2. The Balaban J connectivity index is 1.19. The van der Waals surface area contributed by atoms with E-state index in [4.69, 9.17) is 0 Å². The van der Waals surface area contributed by atoms with Crippen LogP contribution < -0.4 is 4.90 Å². The first-order valence-electron chi connectivity index (χ1n) is 14.0. The van der Waals surface area contributed by atoms with Crippen molar-refractivity contribution in [3.8, 4) is 0 Å². The Bertz CT molecular complexity index is 801. The lowest BCUT2D eigenvalue weighted by Gasteiger charge is -2.40. The topological polar surface area (TPSA) is 50.3 Å². The van der Waals surface area contributed by atoms with Crippen molar-refractivity contribution in [3.63, 3.8) is 0 Å². The van der Waals surface area contributed by atoms with Crippen LogP contribution in [0.3, 0.4) is 0 Å². The molecule has 1 aromatic rings. The van der Waals surface area contributed by atoms with Gasteiger partial charge in [-0.2, -0.15) is 0 Å². The lowest BCUT2D eigenvalue weighted by molar-refractivity contribution is -0.134. The highest BCUT2D eigenvalue weighted by molar-refractivity contribution is 5.94. The van der Waals surface area contributed by atoms with Crippen LogP contribution in [0.4, 0.5) is 5.69 Å². The molecule has 0 aromatic heterocycles. The van der Waals surface area contributed by atoms with Gasteiger partial charge in [0.05, 0.1) is 6.54 Å². The van der Waals surface area contributed by atoms with Gasteiger partial charge in [0.25, 0.3) is 5.91 Å². The van der Waals surface area contributed by atoms with Gasteiger partial charge in [-0.05, 0) is 51.0 Å². The number of hydrogen-bond donors (Lipinski definition) is 0. The summed E-state index contributed by atoms with van der Waals surface area (Å²) >= 11 is 0. The van der Waals surface area contributed by atoms with Gasteiger partial charge in [-0.25, -0.2) is 0 Å². The largest absolute Gasteiger partial charge is 0.369 e. The molecule has 0 unspecified atom stereocenters. The van der Waals surface area contributed by atoms with Crippen LogP contribution in [0.25, 0.3) is 0 Å². The van der Waals surface area contributed by atoms with E-state index in [1.165, 1.54) is 38.5 Å². The molecule has 0 N–H and O–H groups in total. The maximum absolute atomic E-state index is 13.0. The molecule has 2 heterocycles. The van der Waals surface area contributed by atoms with E-state index < -0.39 is 0 Å². The van der Waals surface area contributed by atoms with Gasteiger partial charge < -0.3 is 14.7 Å². The zero-order valence-corrected chi connectivity index (χ0v) is 22.0. The molecule has 1 saturated carbocycles. The minimum absolute atomic E-state index is 0.0972. The van der Waals surface area contributed by atoms with Crippen molar-refractivity contribution in [1.82, 2.24) is 19.6 Å². The Morgan fingerprint density at radius 2 is 1.40 bits per heavy atom. The molecular weight excluding hydrogens is 438 g/mol. The second-order valence-electron chi connectivity index (χ2n) is 10.3. The number of amides is 2. The maximum atomic E-state index is 13.0. The number of anilines is 1. The standard InChI is InChI=1S/C28H45N5O2/c1-3-30(4-2)28(35)24-11-13-26(14-12-24)31-17-15-29(16-18-31)23-27(34)33-21-19-32(20-22-33)25-9-7-5-6-8-10-25/h11-14,25H,3-10,15-23H2,1-2H3. The Kier molecular flexibility index (Phi) is 9.44. The summed E-state index contributed by atoms with van der Waals surface area (Å²) in [5.41, 5.74) is 1.91. The molecule has 1 aromatic carbocycles. The number of carbonyl (C=O) groups is 2. The molecule has 7 nitrogen and oxygen atoms in total. The average Bonchev–Trinajstić information content (AvgIpc) is 3.20. The number of rotatable bonds is 7. The Hall–Kier alpha value is -2.12. The molecule has 0 atom stereocenters. The molecule has 4 rings (SSSR count). The van der Waals surface area contributed by atoms with Gasteiger partial charge in [-0.15, -0.1) is 0 Å². The fourth-order valence-corrected chi connectivity index (χ4v) is 5.92. The van der Waals surface area contributed by atoms with Crippen molar-refractivity contribution in [1.29, 1.82) is 0 Å². The lowest BCUT2D eigenvalue weighted by atomic mass is 10.1. The van der Waals surface area contributed by atoms with Crippen molar-refractivity contribution in [3.05, 3.63) is 29.8 Å². The van der Waals surface area contributed by atoms with Crippen molar-refractivity contribution in [2.24, 2.45) is 0 Å². The Labute approximate surface area is 212 Å². The fourth-order valence-electron chi connectivity index (χ4n) is 5.92. The molecule has 7 heteroatoms. The van der Waals surface area contributed by atoms with E-state index in [1.807, 2.05) is 30.9 Å². The number of hydrogen-bond acceptors (Lipinski definition) is 5. The number of carbonyl (C=O) groups excluding carboxylic acids is 2. The molecule has 0 radical (unpaired) electrons. The molecule has 35 heavy (non-hydrogen) atoms. The van der Waals surface area contributed by atoms with Crippen LogP contribution in [0.1, 0.15) is 62.7 Å². The third kappa shape index (κ3) is 6.76. The summed E-state index contributed by atoms with van der Waals surface area (Å²) in [5.74, 6) is 0.387. The molecular formula is C28H45N5O2. The van der Waals surface area contributed by atoms with E-state index in [1.54, 1.807) is 0 Å². The third-order valence-corrected chi connectivity index (χ3v) is 8.27. The van der Waals surface area contributed by atoms with E-state index in [0.717, 1.165) is 82.7 Å². The molecule has 2 amide bonds. The summed E-state index contributed by atoms with van der Waals surface area (Å²) in [6.45, 7) is 13.5. The van der Waals surface area contributed by atoms with Crippen LogP contribution in [-0.2, 0) is 4.79 Å². The second kappa shape index (κ2) is 12.7. The van der Waals surface area contributed by atoms with Gasteiger partial charge in [0.1, 0.15) is 0 Å². The van der Waals surface area contributed by atoms with Gasteiger partial charge in [-0.1, -0.05) is 25.7 Å². The summed E-state index contributed by atoms with van der Waals surface area (Å²) in [6.07, 6.45) is 8.21. The zero-order chi connectivity index (χ0) is 24.6. The van der Waals surface area contributed by atoms with Crippen LogP contribution >= 0.6 is 0 Å². The van der Waals surface area contributed by atoms with E-state index in [0.29, 0.717) is 12.5 Å². The molecule has 194 valence electrons. The summed E-state index contributed by atoms with van der Waals surface area (Å²) in [5, 5.41) is 0. The maximum Gasteiger partial charge on any atom is 0.253 e. The van der Waals surface area contributed by atoms with Crippen LogP contribution in [0, 0.1) is 0 Å². The zero-order valence-electron chi connectivity index (χ0n) is 22.0. The first-order chi connectivity index (χ1) is 17.1. The predicted octanol–water partition coefficient (Wildman–Crippen LogP) is 3.16. The van der Waals surface area contributed by atoms with E-state index in [9.17, 15) is 9.59 Å². The summed E-state index contributed by atoms with van der Waals surface area (Å²) in [6, 6.07) is 8.75. The molecule has 0 spiro atoms. The smallest absolute Gasteiger partial charge is 0.253 e. The van der Waals surface area contributed by atoms with Gasteiger partial charge in [-0.3, -0.25) is 19.4 Å². The third-order valence-electron chi connectivity index (χ3n) is 8.27. The Morgan fingerprint density at radius 1 is 0.800 bits per heavy atom. The fraction of sp³-hybridized carbons (Fsp3) is 0.714. The number of nitrogens with zero attached hydrogens (tertiary/aromatic N) is 5. The first kappa shape index (κ1) is 26.0. The summed E-state index contributed by atoms with van der Waals surface area (Å²) < 4.78 is 0. The van der Waals surface area contributed by atoms with Gasteiger partial charge >= 0.3 is 0 Å². The van der Waals surface area contributed by atoms with E-state index in [-0.39, 0.29) is 5.91 Å². The van der Waals surface area contributed by atoms with Crippen molar-refractivity contribution < 1.29 is 9.59 Å². The second-order valence-corrected chi connectivity index (χ2v) is 10.3. The molecule has 2 aliphatic heterocycles. The minimum atomic E-state index is 0.0972. The Morgan fingerprint density at radius 3 is 1.97 bits per heavy atom. The normalized spacial score (nSPS) is 21.1. The van der Waals surface area contributed by atoms with Crippen molar-refractivity contribution in [2.45, 2.75) is 58.4 Å². The van der Waals surface area contributed by atoms with Crippen molar-refractivity contribution >= 4 is 17.5 Å². The molecule has 2 saturated heterocycles. The number of benzene rings is 1. The van der Waals surface area contributed by atoms with Gasteiger partial charge in [0.15, 0.2) is 0 Å². The molecule has 0 bridgehead atoms. The van der Waals surface area contributed by atoms with Gasteiger partial charge in [0.2, 0.25) is 5.91 Å². The van der Waals surface area contributed by atoms with E-state index >= 15 is 0 Å². The lowest BCUT2D eigenvalue weighted by Crippen LogP contribution is -2.55. The highest BCUT2D eigenvalue weighted by atomic mass is 16.2. The minimum Gasteiger partial charge on any atom is -0.369 e. The summed E-state index contributed by atoms with van der Waals surface area (Å²) in [7, 11) is 0. The van der Waals surface area contributed by atoms with Crippen LogP contribution in [0.2, 0.25) is 0 Å². The molecule has 3 fully saturated rings. The molecule has 1 aliphatic carbocycles. The highest BCUT2D eigenvalue weighted by Gasteiger charge is 2.28. The SMILES string of the molecule is CCN(CC)C(=O)c1ccc(N2CCN(CC(=O)N3CCN(C4CCCCCC4)CC3)CC2)cc1. The van der Waals surface area contributed by atoms with Crippen LogP contribution in [0.15, 0.2) is 24.3 Å².